The summed E-state index contributed by atoms with van der Waals surface area (Å²) in [6, 6.07) is 10.6. The Morgan fingerprint density at radius 2 is 1.81 bits per heavy atom. The molecule has 0 amide bonds. The fourth-order valence-corrected chi connectivity index (χ4v) is 2.88. The normalized spacial score (nSPS) is 11.2. The van der Waals surface area contributed by atoms with Gasteiger partial charge in [0.25, 0.3) is 0 Å². The summed E-state index contributed by atoms with van der Waals surface area (Å²) >= 11 is 0. The van der Waals surface area contributed by atoms with E-state index in [0.717, 1.165) is 23.2 Å². The third-order valence-electron chi connectivity index (χ3n) is 4.13. The number of aromatic nitrogens is 2. The van der Waals surface area contributed by atoms with Crippen molar-refractivity contribution in [2.75, 3.05) is 0 Å². The molecule has 2 heterocycles. The second-order valence-corrected chi connectivity index (χ2v) is 5.72. The van der Waals surface area contributed by atoms with Crippen LogP contribution in [0.1, 0.15) is 10.4 Å². The summed E-state index contributed by atoms with van der Waals surface area (Å²) in [5.74, 6) is -3.81. The van der Waals surface area contributed by atoms with E-state index in [2.05, 4.69) is 4.98 Å². The van der Waals surface area contributed by atoms with E-state index in [-0.39, 0.29) is 10.9 Å². The van der Waals surface area contributed by atoms with E-state index in [1.807, 2.05) is 18.2 Å². The van der Waals surface area contributed by atoms with E-state index in [9.17, 15) is 23.5 Å². The third-order valence-corrected chi connectivity index (χ3v) is 4.13. The van der Waals surface area contributed by atoms with Gasteiger partial charge in [0.05, 0.1) is 28.3 Å². The Labute approximate surface area is 144 Å². The Hall–Kier alpha value is -3.61. The van der Waals surface area contributed by atoms with Crippen molar-refractivity contribution in [3.05, 3.63) is 82.3 Å². The summed E-state index contributed by atoms with van der Waals surface area (Å²) < 4.78 is 28.7. The molecule has 0 spiro atoms. The minimum absolute atomic E-state index is 0.0518. The van der Waals surface area contributed by atoms with Gasteiger partial charge in [-0.25, -0.2) is 13.6 Å². The first kappa shape index (κ1) is 15.9. The van der Waals surface area contributed by atoms with E-state index in [1.54, 1.807) is 12.1 Å². The summed E-state index contributed by atoms with van der Waals surface area (Å²) in [6.45, 7) is 0. The summed E-state index contributed by atoms with van der Waals surface area (Å²) in [6.07, 6.45) is 2.56. The zero-order chi connectivity index (χ0) is 18.4. The van der Waals surface area contributed by atoms with Crippen molar-refractivity contribution in [1.29, 1.82) is 0 Å². The van der Waals surface area contributed by atoms with Gasteiger partial charge in [-0.1, -0.05) is 18.2 Å². The predicted octanol–water partition coefficient (Wildman–Crippen LogP) is 3.52. The number of halogens is 2. The molecule has 0 aliphatic heterocycles. The molecule has 0 unspecified atom stereocenters. The highest BCUT2D eigenvalue weighted by molar-refractivity contribution is 5.93. The molecule has 0 radical (unpaired) electrons. The van der Waals surface area contributed by atoms with Crippen LogP contribution in [-0.4, -0.2) is 20.6 Å². The van der Waals surface area contributed by atoms with Crippen LogP contribution in [0.3, 0.4) is 0 Å². The number of carboxylic acids is 1. The second-order valence-electron chi connectivity index (χ2n) is 5.72. The van der Waals surface area contributed by atoms with E-state index >= 15 is 0 Å². The molecule has 0 atom stereocenters. The molecule has 1 N–H and O–H groups in total. The van der Waals surface area contributed by atoms with Crippen LogP contribution in [0.4, 0.5) is 8.78 Å². The van der Waals surface area contributed by atoms with E-state index < -0.39 is 28.6 Å². The number of hydrogen-bond acceptors (Lipinski definition) is 3. The van der Waals surface area contributed by atoms with E-state index in [4.69, 9.17) is 0 Å². The number of rotatable bonds is 2. The minimum Gasteiger partial charge on any atom is -0.477 e. The molecule has 128 valence electrons. The van der Waals surface area contributed by atoms with Crippen LogP contribution in [0.25, 0.3) is 27.5 Å². The summed E-state index contributed by atoms with van der Waals surface area (Å²) in [5, 5.41) is 9.84. The van der Waals surface area contributed by atoms with E-state index in [1.165, 1.54) is 10.8 Å². The fraction of sp³-hybridized carbons (Fsp3) is 0. The SMILES string of the molecule is O=C(O)c1cn(-c2cnc3ccccc3c2)c2cc(F)c(F)cc2c1=O. The van der Waals surface area contributed by atoms with Crippen molar-refractivity contribution in [3.63, 3.8) is 0 Å². The van der Waals surface area contributed by atoms with Gasteiger partial charge in [0.1, 0.15) is 5.56 Å². The Kier molecular flexibility index (Phi) is 3.50. The molecule has 26 heavy (non-hydrogen) atoms. The van der Waals surface area contributed by atoms with Gasteiger partial charge in [-0.3, -0.25) is 9.78 Å². The van der Waals surface area contributed by atoms with Crippen LogP contribution in [0.5, 0.6) is 0 Å². The summed E-state index contributed by atoms with van der Waals surface area (Å²) in [5.41, 5.74) is -0.233. The Bertz CT molecular complexity index is 1270. The lowest BCUT2D eigenvalue weighted by molar-refractivity contribution is 0.0695. The van der Waals surface area contributed by atoms with Gasteiger partial charge in [-0.2, -0.15) is 0 Å². The van der Waals surface area contributed by atoms with Crippen molar-refractivity contribution in [1.82, 2.24) is 9.55 Å². The first-order valence-corrected chi connectivity index (χ1v) is 7.58. The highest BCUT2D eigenvalue weighted by Gasteiger charge is 2.18. The van der Waals surface area contributed by atoms with Crippen molar-refractivity contribution in [3.8, 4) is 5.69 Å². The molecule has 0 aliphatic carbocycles. The Morgan fingerprint density at radius 3 is 2.58 bits per heavy atom. The quantitative estimate of drug-likeness (QED) is 0.599. The van der Waals surface area contributed by atoms with E-state index in [0.29, 0.717) is 11.8 Å². The number of hydrogen-bond donors (Lipinski definition) is 1. The molecular formula is C19H10F2N2O3. The second kappa shape index (κ2) is 5.73. The molecule has 0 saturated heterocycles. The molecule has 0 saturated carbocycles. The van der Waals surface area contributed by atoms with Crippen molar-refractivity contribution >= 4 is 27.8 Å². The van der Waals surface area contributed by atoms with Crippen molar-refractivity contribution < 1.29 is 18.7 Å². The average Bonchev–Trinajstić information content (AvgIpc) is 2.63. The molecule has 5 nitrogen and oxygen atoms in total. The molecule has 4 rings (SSSR count). The lowest BCUT2D eigenvalue weighted by Gasteiger charge is -2.13. The maximum atomic E-state index is 13.8. The van der Waals surface area contributed by atoms with Gasteiger partial charge >= 0.3 is 5.97 Å². The van der Waals surface area contributed by atoms with Crippen LogP contribution in [0.2, 0.25) is 0 Å². The molecular weight excluding hydrogens is 342 g/mol. The smallest absolute Gasteiger partial charge is 0.341 e. The topological polar surface area (TPSA) is 72.2 Å². The van der Waals surface area contributed by atoms with Crippen LogP contribution < -0.4 is 5.43 Å². The Balaban J connectivity index is 2.13. The number of pyridine rings is 2. The zero-order valence-corrected chi connectivity index (χ0v) is 13.1. The number of carboxylic acid groups (broad SMARTS) is 1. The molecule has 0 fully saturated rings. The zero-order valence-electron chi connectivity index (χ0n) is 13.1. The van der Waals surface area contributed by atoms with Gasteiger partial charge in [0.15, 0.2) is 11.6 Å². The van der Waals surface area contributed by atoms with Crippen molar-refractivity contribution in [2.45, 2.75) is 0 Å². The highest BCUT2D eigenvalue weighted by Crippen LogP contribution is 2.22. The number of benzene rings is 2. The first-order valence-electron chi connectivity index (χ1n) is 7.58. The van der Waals surface area contributed by atoms with Crippen LogP contribution in [0.15, 0.2) is 59.7 Å². The number of fused-ring (bicyclic) bond motifs is 2. The third kappa shape index (κ3) is 2.41. The summed E-state index contributed by atoms with van der Waals surface area (Å²) in [4.78, 5) is 28.0. The number of nitrogens with zero attached hydrogens (tertiary/aromatic N) is 2. The molecule has 7 heteroatoms. The Morgan fingerprint density at radius 1 is 1.08 bits per heavy atom. The summed E-state index contributed by atoms with van der Waals surface area (Å²) in [7, 11) is 0. The van der Waals surface area contributed by atoms with Gasteiger partial charge < -0.3 is 9.67 Å². The number of carbonyl (C=O) groups is 1. The minimum atomic E-state index is -1.45. The maximum Gasteiger partial charge on any atom is 0.341 e. The lowest BCUT2D eigenvalue weighted by Crippen LogP contribution is -2.19. The standard InChI is InChI=1S/C19H10F2N2O3/c20-14-6-12-17(7-15(14)21)23(9-13(18(12)24)19(25)26)11-5-10-3-1-2-4-16(10)22-8-11/h1-9H,(H,25,26). The van der Waals surface area contributed by atoms with Gasteiger partial charge in [0, 0.05) is 17.6 Å². The molecule has 0 bridgehead atoms. The fourth-order valence-electron chi connectivity index (χ4n) is 2.88. The predicted molar refractivity (Wildman–Crippen MR) is 91.7 cm³/mol. The van der Waals surface area contributed by atoms with Gasteiger partial charge in [-0.15, -0.1) is 0 Å². The highest BCUT2D eigenvalue weighted by atomic mass is 19.2. The first-order chi connectivity index (χ1) is 12.5. The van der Waals surface area contributed by atoms with Gasteiger partial charge in [0.2, 0.25) is 5.43 Å². The lowest BCUT2D eigenvalue weighted by atomic mass is 10.1. The molecule has 2 aromatic heterocycles. The number of para-hydroxylation sites is 1. The number of aromatic carboxylic acids is 1. The maximum absolute atomic E-state index is 13.8. The molecule has 2 aromatic carbocycles. The van der Waals surface area contributed by atoms with Gasteiger partial charge in [-0.05, 0) is 18.2 Å². The molecule has 0 aliphatic rings. The van der Waals surface area contributed by atoms with Crippen molar-refractivity contribution in [2.24, 2.45) is 0 Å². The van der Waals surface area contributed by atoms with Crippen LogP contribution in [-0.2, 0) is 0 Å². The monoisotopic (exact) mass is 352 g/mol. The average molecular weight is 352 g/mol. The largest absolute Gasteiger partial charge is 0.477 e. The van der Waals surface area contributed by atoms with Crippen LogP contribution in [0, 0.1) is 11.6 Å². The molecule has 4 aromatic rings. The van der Waals surface area contributed by atoms with Crippen LogP contribution >= 0.6 is 0 Å².